The Morgan fingerprint density at radius 1 is 0.765 bits per heavy atom. The van der Waals surface area contributed by atoms with Crippen molar-refractivity contribution in [2.75, 3.05) is 64.2 Å². The summed E-state index contributed by atoms with van der Waals surface area (Å²) >= 11 is 9.53. The van der Waals surface area contributed by atoms with E-state index < -0.39 is 5.60 Å². The molecular weight excluding hydrogens is 703 g/mol. The molecule has 2 amide bonds. The molecule has 0 bridgehead atoms. The van der Waals surface area contributed by atoms with Gasteiger partial charge < -0.3 is 24.6 Å². The van der Waals surface area contributed by atoms with Crippen LogP contribution < -0.4 is 5.32 Å². The van der Waals surface area contributed by atoms with Crippen LogP contribution in [0.15, 0.2) is 12.3 Å². The standard InChI is InChI=1S/C17H31N3O4.C9H18N2O2.C8H13NO2.CH2Cl2/c1-17(2,3)24-16(21)19-11-9-18(10-12-19)15(13-20(22)23)14-7-5-4-6-8-14;1-9(2,3)13-8(12)11-6-4-10-5-7-11;10-9(11)7-6-8-4-2-1-3-5-8;2-1-3/h14-15H,4-13H2,1-3H3;10H,4-7H2,1-3H3;6-8H,1-5H2;1H2/b;;7-6+;. The van der Waals surface area contributed by atoms with Crippen LogP contribution in [0, 0.1) is 32.1 Å². The predicted molar refractivity (Wildman–Crippen MR) is 202 cm³/mol. The lowest BCUT2D eigenvalue weighted by atomic mass is 9.83. The van der Waals surface area contributed by atoms with Crippen molar-refractivity contribution in [3.05, 3.63) is 32.5 Å². The van der Waals surface area contributed by atoms with Crippen molar-refractivity contribution < 1.29 is 28.9 Å². The Kier molecular flexibility index (Phi) is 22.6. The molecular formula is C35H64Cl2N6O8. The van der Waals surface area contributed by atoms with Crippen LogP contribution >= 0.6 is 23.2 Å². The highest BCUT2D eigenvalue weighted by atomic mass is 35.5. The Morgan fingerprint density at radius 2 is 1.20 bits per heavy atom. The summed E-state index contributed by atoms with van der Waals surface area (Å²) in [7, 11) is 0. The summed E-state index contributed by atoms with van der Waals surface area (Å²) in [6, 6.07) is 0.00101. The van der Waals surface area contributed by atoms with Gasteiger partial charge in [0, 0.05) is 57.3 Å². The van der Waals surface area contributed by atoms with Crippen LogP contribution in [0.3, 0.4) is 0 Å². The molecule has 2 saturated carbocycles. The number of nitrogens with one attached hydrogen (secondary N) is 1. The first-order valence-corrected chi connectivity index (χ1v) is 19.5. The van der Waals surface area contributed by atoms with Gasteiger partial charge in [0.2, 0.25) is 12.7 Å². The van der Waals surface area contributed by atoms with Crippen LogP contribution in [0.1, 0.15) is 106 Å². The molecule has 2 saturated heterocycles. The molecule has 2 aliphatic heterocycles. The minimum atomic E-state index is -0.496. The van der Waals surface area contributed by atoms with Crippen molar-refractivity contribution >= 4 is 35.4 Å². The van der Waals surface area contributed by atoms with E-state index in [0.717, 1.165) is 58.1 Å². The first kappa shape index (κ1) is 46.6. The van der Waals surface area contributed by atoms with Crippen molar-refractivity contribution in [2.24, 2.45) is 11.8 Å². The van der Waals surface area contributed by atoms with Gasteiger partial charge in [-0.25, -0.2) is 9.59 Å². The number of allylic oxidation sites excluding steroid dienone is 1. The fourth-order valence-electron chi connectivity index (χ4n) is 6.49. The highest BCUT2D eigenvalue weighted by Crippen LogP contribution is 2.30. The number of nitrogens with zero attached hydrogens (tertiary/aromatic N) is 5. The number of carbonyl (C=O) groups excluding carboxylic acids is 2. The molecule has 0 spiro atoms. The van der Waals surface area contributed by atoms with E-state index in [-0.39, 0.29) is 45.6 Å². The van der Waals surface area contributed by atoms with Gasteiger partial charge >= 0.3 is 12.2 Å². The smallest absolute Gasteiger partial charge is 0.410 e. The molecule has 1 N–H and O–H groups in total. The quantitative estimate of drug-likeness (QED) is 0.164. The number of alkyl halides is 2. The lowest BCUT2D eigenvalue weighted by Gasteiger charge is -2.41. The molecule has 1 atom stereocenters. The highest BCUT2D eigenvalue weighted by Gasteiger charge is 2.35. The Balaban J connectivity index is 0.000000404. The van der Waals surface area contributed by atoms with Crippen LogP contribution in [0.25, 0.3) is 0 Å². The van der Waals surface area contributed by atoms with Gasteiger partial charge in [0.1, 0.15) is 11.2 Å². The lowest BCUT2D eigenvalue weighted by molar-refractivity contribution is -0.489. The minimum Gasteiger partial charge on any atom is -0.444 e. The molecule has 2 heterocycles. The maximum Gasteiger partial charge on any atom is 0.410 e. The maximum absolute atomic E-state index is 12.1. The van der Waals surface area contributed by atoms with Gasteiger partial charge in [0.15, 0.2) is 0 Å². The number of hydrogen-bond acceptors (Lipinski definition) is 10. The summed E-state index contributed by atoms with van der Waals surface area (Å²) < 4.78 is 10.7. The van der Waals surface area contributed by atoms with Crippen molar-refractivity contribution in [1.29, 1.82) is 0 Å². The number of rotatable bonds is 6. The Hall–Kier alpha value is -2.42. The molecule has 0 aromatic heterocycles. The van der Waals surface area contributed by atoms with Gasteiger partial charge in [-0.2, -0.15) is 0 Å². The molecule has 4 aliphatic rings. The van der Waals surface area contributed by atoms with Crippen molar-refractivity contribution in [1.82, 2.24) is 20.0 Å². The second-order valence-corrected chi connectivity index (χ2v) is 16.1. The molecule has 1 unspecified atom stereocenters. The summed E-state index contributed by atoms with van der Waals surface area (Å²) in [4.78, 5) is 49.8. The Morgan fingerprint density at radius 3 is 1.61 bits per heavy atom. The normalized spacial score (nSPS) is 20.0. The van der Waals surface area contributed by atoms with Crippen LogP contribution in [0.5, 0.6) is 0 Å². The van der Waals surface area contributed by atoms with Crippen molar-refractivity contribution in [3.63, 3.8) is 0 Å². The summed E-state index contributed by atoms with van der Waals surface area (Å²) in [6.07, 6.45) is 14.1. The fourth-order valence-corrected chi connectivity index (χ4v) is 6.49. The van der Waals surface area contributed by atoms with Gasteiger partial charge in [-0.3, -0.25) is 25.1 Å². The third-order valence-electron chi connectivity index (χ3n) is 8.86. The van der Waals surface area contributed by atoms with Crippen LogP contribution in [0.4, 0.5) is 9.59 Å². The Bertz CT molecular complexity index is 1050. The molecule has 16 heteroatoms. The van der Waals surface area contributed by atoms with Gasteiger partial charge in [-0.15, -0.1) is 23.2 Å². The Labute approximate surface area is 315 Å². The SMILES string of the molecule is CC(C)(C)OC(=O)N1CCN(C(C[N+](=O)[O-])C2CCCCC2)CC1.CC(C)(C)OC(=O)N1CCNCC1.ClCCl.O=[N+]([O-])/C=C/C1CCCCC1. The van der Waals surface area contributed by atoms with E-state index in [4.69, 9.17) is 32.7 Å². The molecule has 14 nitrogen and oxygen atoms in total. The van der Waals surface area contributed by atoms with Crippen LogP contribution in [-0.2, 0) is 9.47 Å². The average molecular weight is 768 g/mol. The zero-order valence-corrected chi connectivity index (χ0v) is 33.3. The zero-order chi connectivity index (χ0) is 38.5. The topological polar surface area (TPSA) is 161 Å². The number of halogens is 2. The van der Waals surface area contributed by atoms with E-state index in [1.54, 1.807) is 15.9 Å². The van der Waals surface area contributed by atoms with E-state index in [1.807, 2.05) is 41.5 Å². The van der Waals surface area contributed by atoms with E-state index in [9.17, 15) is 29.8 Å². The summed E-state index contributed by atoms with van der Waals surface area (Å²) in [5.41, 5.74) is -0.883. The molecule has 51 heavy (non-hydrogen) atoms. The second-order valence-electron chi connectivity index (χ2n) is 15.3. The van der Waals surface area contributed by atoms with Crippen LogP contribution in [0.2, 0.25) is 0 Å². The van der Waals surface area contributed by atoms with Gasteiger partial charge in [0.05, 0.1) is 16.3 Å². The molecule has 0 aromatic rings. The fraction of sp³-hybridized carbons (Fsp3) is 0.886. The number of piperazine rings is 2. The molecule has 296 valence electrons. The molecule has 4 fully saturated rings. The molecule has 4 rings (SSSR count). The number of amides is 2. The van der Waals surface area contributed by atoms with E-state index in [0.29, 0.717) is 38.0 Å². The summed E-state index contributed by atoms with van der Waals surface area (Å²) in [6.45, 7) is 17.0. The first-order valence-electron chi connectivity index (χ1n) is 18.4. The monoisotopic (exact) mass is 766 g/mol. The molecule has 0 aromatic carbocycles. The second kappa shape index (κ2) is 24.8. The lowest BCUT2D eigenvalue weighted by Crippen LogP contribution is -2.56. The minimum absolute atomic E-state index is 0.00101. The molecule has 2 aliphatic carbocycles. The maximum atomic E-state index is 12.1. The number of carbonyl (C=O) groups is 2. The van der Waals surface area contributed by atoms with Crippen molar-refractivity contribution in [2.45, 2.75) is 123 Å². The third kappa shape index (κ3) is 22.3. The van der Waals surface area contributed by atoms with Gasteiger partial charge in [-0.1, -0.05) is 38.5 Å². The van der Waals surface area contributed by atoms with E-state index in [2.05, 4.69) is 10.2 Å². The molecule has 0 radical (unpaired) electrons. The zero-order valence-electron chi connectivity index (χ0n) is 31.8. The largest absolute Gasteiger partial charge is 0.444 e. The summed E-state index contributed by atoms with van der Waals surface area (Å²) in [5.74, 6) is 0.881. The number of nitro groups is 2. The first-order chi connectivity index (χ1) is 24.0. The van der Waals surface area contributed by atoms with Gasteiger partial charge in [0.25, 0.3) is 0 Å². The van der Waals surface area contributed by atoms with Crippen molar-refractivity contribution in [3.8, 4) is 0 Å². The van der Waals surface area contributed by atoms with Crippen LogP contribution in [-0.4, -0.2) is 118 Å². The third-order valence-corrected chi connectivity index (χ3v) is 8.86. The predicted octanol–water partition coefficient (Wildman–Crippen LogP) is 7.37. The van der Waals surface area contributed by atoms with Gasteiger partial charge in [-0.05, 0) is 85.1 Å². The summed E-state index contributed by atoms with van der Waals surface area (Å²) in [5, 5.41) is 24.5. The number of hydrogen-bond donors (Lipinski definition) is 1. The highest BCUT2D eigenvalue weighted by molar-refractivity contribution is 6.40. The number of ether oxygens (including phenoxy) is 2. The average Bonchev–Trinajstić information content (AvgIpc) is 3.07. The van der Waals surface area contributed by atoms with E-state index >= 15 is 0 Å². The van der Waals surface area contributed by atoms with E-state index in [1.165, 1.54) is 38.5 Å².